The molecule has 5 rings (SSSR count). The Kier molecular flexibility index (Phi) is 5.10. The number of fused-ring (bicyclic) bond motifs is 2. The van der Waals surface area contributed by atoms with Gasteiger partial charge in [-0.15, -0.1) is 0 Å². The molecule has 3 aromatic carbocycles. The summed E-state index contributed by atoms with van der Waals surface area (Å²) in [5, 5.41) is 11.3. The summed E-state index contributed by atoms with van der Waals surface area (Å²) >= 11 is 0. The molecule has 33 heavy (non-hydrogen) atoms. The van der Waals surface area contributed by atoms with Crippen LogP contribution in [0, 0.1) is 0 Å². The monoisotopic (exact) mass is 439 g/mol. The maximum Gasteiger partial charge on any atom is 0.335 e. The van der Waals surface area contributed by atoms with E-state index in [1.54, 1.807) is 39.7 Å². The fourth-order valence-corrected chi connectivity index (χ4v) is 4.04. The molecule has 0 aliphatic rings. The van der Waals surface area contributed by atoms with Crippen LogP contribution in [0.5, 0.6) is 0 Å². The van der Waals surface area contributed by atoms with Crippen molar-refractivity contribution in [3.63, 3.8) is 0 Å². The van der Waals surface area contributed by atoms with E-state index in [4.69, 9.17) is 10.8 Å². The van der Waals surface area contributed by atoms with Gasteiger partial charge in [0.05, 0.1) is 11.9 Å². The molecule has 0 aliphatic heterocycles. The third-order valence-corrected chi connectivity index (χ3v) is 5.76. The van der Waals surface area contributed by atoms with Gasteiger partial charge in [0.25, 0.3) is 0 Å². The molecule has 2 heterocycles. The highest BCUT2D eigenvalue weighted by Gasteiger charge is 2.15. The van der Waals surface area contributed by atoms with Crippen molar-refractivity contribution in [2.45, 2.75) is 19.5 Å². The zero-order valence-electron chi connectivity index (χ0n) is 17.7. The summed E-state index contributed by atoms with van der Waals surface area (Å²) in [4.78, 5) is 32.2. The summed E-state index contributed by atoms with van der Waals surface area (Å²) < 4.78 is 3.52. The number of hydrogen-bond acceptors (Lipinski definition) is 5. The first-order valence-corrected chi connectivity index (χ1v) is 10.5. The van der Waals surface area contributed by atoms with Crippen LogP contribution in [-0.2, 0) is 19.5 Å². The van der Waals surface area contributed by atoms with Crippen LogP contribution in [0.25, 0.3) is 21.9 Å². The van der Waals surface area contributed by atoms with Gasteiger partial charge in [0.15, 0.2) is 11.2 Å². The van der Waals surface area contributed by atoms with E-state index >= 15 is 0 Å². The maximum atomic E-state index is 12.7. The fourth-order valence-electron chi connectivity index (χ4n) is 4.04. The van der Waals surface area contributed by atoms with Gasteiger partial charge >= 0.3 is 11.5 Å². The number of aryl methyl sites for hydroxylation is 2. The first-order valence-electron chi connectivity index (χ1n) is 10.5. The van der Waals surface area contributed by atoms with Gasteiger partial charge in [0, 0.05) is 13.1 Å². The van der Waals surface area contributed by atoms with Crippen LogP contribution < -0.4 is 11.3 Å². The summed E-state index contributed by atoms with van der Waals surface area (Å²) in [6.07, 6.45) is 2.22. The number of carboxylic acid groups (broad SMARTS) is 1. The smallest absolute Gasteiger partial charge is 0.335 e. The fraction of sp³-hybridized carbons (Fsp3) is 0.120. The lowest BCUT2D eigenvalue weighted by Crippen LogP contribution is -2.20. The number of imidazole rings is 1. The Balaban J connectivity index is 1.45. The van der Waals surface area contributed by atoms with Crippen LogP contribution in [-0.4, -0.2) is 30.2 Å². The number of carbonyl (C=O) groups is 1. The topological polar surface area (TPSA) is 116 Å². The van der Waals surface area contributed by atoms with E-state index in [2.05, 4.69) is 34.2 Å². The highest BCUT2D eigenvalue weighted by atomic mass is 16.4. The van der Waals surface area contributed by atoms with Crippen molar-refractivity contribution in [3.05, 3.63) is 100 Å². The lowest BCUT2D eigenvalue weighted by molar-refractivity contribution is 0.0697. The second kappa shape index (κ2) is 8.23. The van der Waals surface area contributed by atoms with Crippen molar-refractivity contribution >= 4 is 33.9 Å². The third-order valence-electron chi connectivity index (χ3n) is 5.76. The molecule has 0 aliphatic carbocycles. The van der Waals surface area contributed by atoms with E-state index in [1.165, 1.54) is 0 Å². The molecular weight excluding hydrogens is 418 g/mol. The number of aromatic nitrogens is 4. The van der Waals surface area contributed by atoms with Gasteiger partial charge in [0.1, 0.15) is 0 Å². The lowest BCUT2D eigenvalue weighted by Gasteiger charge is -2.11. The van der Waals surface area contributed by atoms with E-state index < -0.39 is 11.5 Å². The van der Waals surface area contributed by atoms with E-state index in [-0.39, 0.29) is 11.5 Å². The van der Waals surface area contributed by atoms with Crippen LogP contribution >= 0.6 is 0 Å². The van der Waals surface area contributed by atoms with Crippen LogP contribution in [0.4, 0.5) is 5.95 Å². The van der Waals surface area contributed by atoms with Crippen molar-refractivity contribution in [1.82, 2.24) is 19.1 Å². The zero-order chi connectivity index (χ0) is 22.9. The molecule has 0 bridgehead atoms. The molecule has 3 N–H and O–H groups in total. The molecule has 0 saturated heterocycles. The summed E-state index contributed by atoms with van der Waals surface area (Å²) in [6, 6.07) is 21.0. The number of rotatable bonds is 6. The summed E-state index contributed by atoms with van der Waals surface area (Å²) in [7, 11) is 0. The predicted molar refractivity (Wildman–Crippen MR) is 126 cm³/mol. The van der Waals surface area contributed by atoms with Crippen LogP contribution in [0.2, 0.25) is 0 Å². The van der Waals surface area contributed by atoms with Crippen molar-refractivity contribution in [2.75, 3.05) is 5.73 Å². The molecule has 0 saturated carbocycles. The predicted octanol–water partition coefficient (Wildman–Crippen LogP) is 3.32. The van der Waals surface area contributed by atoms with Crippen molar-refractivity contribution in [3.8, 4) is 0 Å². The number of nitrogens with zero attached hydrogens (tertiary/aromatic N) is 4. The van der Waals surface area contributed by atoms with Gasteiger partial charge in [-0.05, 0) is 46.5 Å². The Morgan fingerprint density at radius 2 is 1.70 bits per heavy atom. The largest absolute Gasteiger partial charge is 0.478 e. The molecule has 0 atom stereocenters. The molecule has 8 nitrogen and oxygen atoms in total. The van der Waals surface area contributed by atoms with Crippen molar-refractivity contribution in [2.24, 2.45) is 0 Å². The van der Waals surface area contributed by atoms with Crippen LogP contribution in [0.1, 0.15) is 21.5 Å². The standard InChI is InChI=1S/C25H21N5O3/c26-25-28-23(31)21-22(30(25)12-11-16-5-9-19(10-6-16)24(32)33)27-15-29(21)14-17-7-8-18-3-1-2-4-20(18)13-17/h1-10,13,15H,11-12,14H2,(H,32,33)(H2,26,28,31). The molecule has 0 fully saturated rings. The highest BCUT2D eigenvalue weighted by molar-refractivity contribution is 5.87. The van der Waals surface area contributed by atoms with Gasteiger partial charge < -0.3 is 15.4 Å². The van der Waals surface area contributed by atoms with E-state index in [0.29, 0.717) is 30.7 Å². The Morgan fingerprint density at radius 1 is 0.970 bits per heavy atom. The van der Waals surface area contributed by atoms with Gasteiger partial charge in [-0.25, -0.2) is 9.78 Å². The highest BCUT2D eigenvalue weighted by Crippen LogP contribution is 2.19. The number of anilines is 1. The quantitative estimate of drug-likeness (QED) is 0.419. The molecule has 5 aromatic rings. The average Bonchev–Trinajstić information content (AvgIpc) is 3.23. The molecule has 0 spiro atoms. The minimum Gasteiger partial charge on any atom is -0.478 e. The Morgan fingerprint density at radius 3 is 2.45 bits per heavy atom. The SMILES string of the molecule is Nc1nc(=O)c2c(ncn2Cc2ccc3ccccc3c2)n1CCc1ccc(C(=O)O)cc1. The van der Waals surface area contributed by atoms with Gasteiger partial charge in [0.2, 0.25) is 5.95 Å². The lowest BCUT2D eigenvalue weighted by atomic mass is 10.1. The first kappa shape index (κ1) is 20.4. The number of nitrogens with two attached hydrogens (primary N) is 1. The van der Waals surface area contributed by atoms with Gasteiger partial charge in [-0.2, -0.15) is 4.98 Å². The zero-order valence-corrected chi connectivity index (χ0v) is 17.7. The second-order valence-electron chi connectivity index (χ2n) is 7.91. The number of carboxylic acids is 1. The minimum atomic E-state index is -0.964. The maximum absolute atomic E-state index is 12.7. The van der Waals surface area contributed by atoms with Crippen molar-refractivity contribution in [1.29, 1.82) is 0 Å². The van der Waals surface area contributed by atoms with E-state index in [1.807, 2.05) is 18.2 Å². The van der Waals surface area contributed by atoms with Crippen LogP contribution in [0.3, 0.4) is 0 Å². The number of hydrogen-bond donors (Lipinski definition) is 2. The number of nitrogen functional groups attached to an aromatic ring is 1. The molecule has 164 valence electrons. The van der Waals surface area contributed by atoms with Crippen LogP contribution in [0.15, 0.2) is 77.9 Å². The molecule has 0 radical (unpaired) electrons. The van der Waals surface area contributed by atoms with E-state index in [0.717, 1.165) is 21.9 Å². The average molecular weight is 439 g/mol. The molecular formula is C25H21N5O3. The molecule has 8 heteroatoms. The normalized spacial score (nSPS) is 11.3. The number of benzene rings is 3. The first-order chi connectivity index (χ1) is 16.0. The second-order valence-corrected chi connectivity index (χ2v) is 7.91. The summed E-state index contributed by atoms with van der Waals surface area (Å²) in [6.45, 7) is 0.938. The van der Waals surface area contributed by atoms with Crippen molar-refractivity contribution < 1.29 is 9.90 Å². The summed E-state index contributed by atoms with van der Waals surface area (Å²) in [5.41, 5.74) is 8.76. The molecule has 2 aromatic heterocycles. The van der Waals surface area contributed by atoms with Gasteiger partial charge in [-0.3, -0.25) is 9.36 Å². The molecule has 0 amide bonds. The minimum absolute atomic E-state index is 0.102. The third kappa shape index (κ3) is 3.94. The Hall–Kier alpha value is -4.46. The van der Waals surface area contributed by atoms with E-state index in [9.17, 15) is 9.59 Å². The molecule has 0 unspecified atom stereocenters. The Bertz CT molecular complexity index is 1550. The van der Waals surface area contributed by atoms with Gasteiger partial charge in [-0.1, -0.05) is 48.5 Å². The Labute approximate surface area is 188 Å². The number of aromatic carboxylic acids is 1. The summed E-state index contributed by atoms with van der Waals surface area (Å²) in [5.74, 6) is -0.861.